The van der Waals surface area contributed by atoms with Crippen molar-refractivity contribution in [3.05, 3.63) is 95.3 Å². The number of carbonyl (C=O) groups is 2. The van der Waals surface area contributed by atoms with Gasteiger partial charge in [0.25, 0.3) is 5.91 Å². The van der Waals surface area contributed by atoms with Crippen LogP contribution in [0.25, 0.3) is 0 Å². The topological polar surface area (TPSA) is 60.9 Å². The molecule has 6 heteroatoms. The Morgan fingerprint density at radius 1 is 0.967 bits per heavy atom. The number of carbonyl (C=O) groups excluding carboxylic acids is 2. The Kier molecular flexibility index (Phi) is 4.01. The van der Waals surface area contributed by atoms with Crippen molar-refractivity contribution in [1.82, 2.24) is 0 Å². The van der Waals surface area contributed by atoms with Crippen molar-refractivity contribution in [3.63, 3.8) is 0 Å². The maximum absolute atomic E-state index is 14.1. The van der Waals surface area contributed by atoms with Crippen molar-refractivity contribution in [2.24, 2.45) is 0 Å². The Morgan fingerprint density at radius 2 is 1.67 bits per heavy atom. The number of nitrogens with zero attached hydrogens (tertiary/aromatic N) is 2. The number of likely N-dealkylation sites (N-methyl/N-ethyl adjacent to an activating group) is 1. The van der Waals surface area contributed by atoms with Gasteiger partial charge in [-0.2, -0.15) is 0 Å². The molecule has 0 saturated heterocycles. The molecule has 0 fully saturated rings. The number of rotatable bonds is 3. The molecule has 0 bridgehead atoms. The second-order valence-corrected chi connectivity index (χ2v) is 7.69. The summed E-state index contributed by atoms with van der Waals surface area (Å²) in [6.45, 7) is 0.164. The Labute approximate surface area is 173 Å². The molecular formula is C24H19FN2O3. The average Bonchev–Trinajstić information content (AvgIpc) is 3.13. The first-order chi connectivity index (χ1) is 14.4. The maximum atomic E-state index is 14.1. The molecule has 2 aliphatic heterocycles. The van der Waals surface area contributed by atoms with E-state index in [0.29, 0.717) is 11.3 Å². The van der Waals surface area contributed by atoms with Gasteiger partial charge in [0.1, 0.15) is 11.7 Å². The second-order valence-electron chi connectivity index (χ2n) is 7.69. The molecule has 5 rings (SSSR count). The predicted octanol–water partition coefficient (Wildman–Crippen LogP) is 3.32. The van der Waals surface area contributed by atoms with Crippen LogP contribution in [0, 0.1) is 5.82 Å². The molecule has 0 spiro atoms. The molecule has 2 amide bonds. The predicted molar refractivity (Wildman–Crippen MR) is 111 cm³/mol. The summed E-state index contributed by atoms with van der Waals surface area (Å²) in [5.74, 6) is -2.62. The van der Waals surface area contributed by atoms with Gasteiger partial charge in [0.15, 0.2) is 5.60 Å². The third-order valence-corrected chi connectivity index (χ3v) is 6.02. The lowest BCUT2D eigenvalue weighted by atomic mass is 9.78. The molecule has 0 aromatic heterocycles. The number of anilines is 2. The fourth-order valence-corrected chi connectivity index (χ4v) is 4.57. The maximum Gasteiger partial charge on any atom is 0.265 e. The van der Waals surface area contributed by atoms with Gasteiger partial charge in [-0.1, -0.05) is 54.6 Å². The summed E-state index contributed by atoms with van der Waals surface area (Å²) in [7, 11) is 1.62. The van der Waals surface area contributed by atoms with Crippen LogP contribution in [0.1, 0.15) is 22.6 Å². The first-order valence-electron chi connectivity index (χ1n) is 9.67. The zero-order chi connectivity index (χ0) is 21.0. The highest BCUT2D eigenvalue weighted by Crippen LogP contribution is 2.53. The molecule has 2 heterocycles. The van der Waals surface area contributed by atoms with Gasteiger partial charge in [0.05, 0.1) is 12.2 Å². The highest BCUT2D eigenvalue weighted by molar-refractivity contribution is 6.15. The number of benzene rings is 3. The molecule has 5 nitrogen and oxygen atoms in total. The largest absolute Gasteiger partial charge is 0.374 e. The summed E-state index contributed by atoms with van der Waals surface area (Å²) in [5, 5.41) is 11.8. The van der Waals surface area contributed by atoms with E-state index in [-0.39, 0.29) is 23.7 Å². The van der Waals surface area contributed by atoms with E-state index < -0.39 is 23.2 Å². The van der Waals surface area contributed by atoms with E-state index in [1.54, 1.807) is 31.3 Å². The normalized spacial score (nSPS) is 22.4. The number of hydrogen-bond donors (Lipinski definition) is 1. The Morgan fingerprint density at radius 3 is 2.43 bits per heavy atom. The van der Waals surface area contributed by atoms with Crippen molar-refractivity contribution < 1.29 is 19.1 Å². The lowest BCUT2D eigenvalue weighted by Gasteiger charge is -2.28. The number of para-hydroxylation sites is 1. The van der Waals surface area contributed by atoms with Crippen molar-refractivity contribution >= 4 is 23.2 Å². The standard InChI is InChI=1S/C24H19FN2O3/c1-26-19-10-6-5-9-17(19)21(22(26)28)24(30)18-12-11-16(25)13-20(18)27(23(24)29)14-15-7-3-2-4-8-15/h2-13,21,30H,14H2,1H3/t21-,24+/m1/s1. The van der Waals surface area contributed by atoms with Gasteiger partial charge >= 0.3 is 0 Å². The average molecular weight is 402 g/mol. The fraction of sp³-hybridized carbons (Fsp3) is 0.167. The summed E-state index contributed by atoms with van der Waals surface area (Å²) in [5.41, 5.74) is 0.479. The van der Waals surface area contributed by atoms with Crippen LogP contribution >= 0.6 is 0 Å². The highest BCUT2D eigenvalue weighted by atomic mass is 19.1. The molecular weight excluding hydrogens is 383 g/mol. The van der Waals surface area contributed by atoms with Gasteiger partial charge in [-0.15, -0.1) is 0 Å². The minimum absolute atomic E-state index is 0.164. The lowest BCUT2D eigenvalue weighted by Crippen LogP contribution is -2.47. The van der Waals surface area contributed by atoms with Crippen molar-refractivity contribution in [2.75, 3.05) is 16.8 Å². The molecule has 1 N–H and O–H groups in total. The van der Waals surface area contributed by atoms with Crippen molar-refractivity contribution in [3.8, 4) is 0 Å². The van der Waals surface area contributed by atoms with Gasteiger partial charge in [-0.3, -0.25) is 9.59 Å². The van der Waals surface area contributed by atoms with Gasteiger partial charge in [0.2, 0.25) is 5.91 Å². The second kappa shape index (κ2) is 6.50. The minimum Gasteiger partial charge on any atom is -0.374 e. The highest BCUT2D eigenvalue weighted by Gasteiger charge is 2.60. The molecule has 0 saturated carbocycles. The fourth-order valence-electron chi connectivity index (χ4n) is 4.57. The third kappa shape index (κ3) is 2.44. The van der Waals surface area contributed by atoms with Gasteiger partial charge in [-0.05, 0) is 29.3 Å². The van der Waals surface area contributed by atoms with Crippen LogP contribution in [-0.4, -0.2) is 24.0 Å². The van der Waals surface area contributed by atoms with E-state index in [4.69, 9.17) is 0 Å². The molecule has 150 valence electrons. The van der Waals surface area contributed by atoms with Crippen LogP contribution < -0.4 is 9.80 Å². The van der Waals surface area contributed by atoms with E-state index >= 15 is 0 Å². The molecule has 3 aromatic rings. The number of halogens is 1. The van der Waals surface area contributed by atoms with E-state index in [9.17, 15) is 19.1 Å². The Hall–Kier alpha value is -3.51. The monoisotopic (exact) mass is 402 g/mol. The van der Waals surface area contributed by atoms with Gasteiger partial charge < -0.3 is 14.9 Å². The van der Waals surface area contributed by atoms with Crippen LogP contribution in [0.15, 0.2) is 72.8 Å². The minimum atomic E-state index is -2.12. The van der Waals surface area contributed by atoms with Crippen molar-refractivity contribution in [2.45, 2.75) is 18.1 Å². The number of aliphatic hydroxyl groups is 1. The van der Waals surface area contributed by atoms with Gasteiger partial charge in [-0.25, -0.2) is 4.39 Å². The Bertz CT molecular complexity index is 1180. The molecule has 0 unspecified atom stereocenters. The summed E-state index contributed by atoms with van der Waals surface area (Å²) in [6.07, 6.45) is 0. The molecule has 0 radical (unpaired) electrons. The van der Waals surface area contributed by atoms with E-state index in [2.05, 4.69) is 0 Å². The molecule has 2 atom stereocenters. The molecule has 2 aliphatic rings. The summed E-state index contributed by atoms with van der Waals surface area (Å²) in [6, 6.07) is 20.2. The zero-order valence-electron chi connectivity index (χ0n) is 16.2. The van der Waals surface area contributed by atoms with Crippen LogP contribution in [-0.2, 0) is 21.7 Å². The molecule has 3 aromatic carbocycles. The van der Waals surface area contributed by atoms with Crippen LogP contribution in [0.2, 0.25) is 0 Å². The SMILES string of the molecule is CN1C(=O)[C@H]([C@]2(O)C(=O)N(Cc3ccccc3)c3cc(F)ccc32)c2ccccc21. The zero-order valence-corrected chi connectivity index (χ0v) is 16.2. The van der Waals surface area contributed by atoms with E-state index in [0.717, 1.165) is 5.56 Å². The molecule has 0 aliphatic carbocycles. The van der Waals surface area contributed by atoms with Crippen molar-refractivity contribution in [1.29, 1.82) is 0 Å². The summed E-state index contributed by atoms with van der Waals surface area (Å²) >= 11 is 0. The molecule has 30 heavy (non-hydrogen) atoms. The summed E-state index contributed by atoms with van der Waals surface area (Å²) in [4.78, 5) is 29.6. The first-order valence-corrected chi connectivity index (χ1v) is 9.67. The number of fused-ring (bicyclic) bond motifs is 2. The third-order valence-electron chi connectivity index (χ3n) is 6.02. The van der Waals surface area contributed by atoms with Crippen LogP contribution in [0.5, 0.6) is 0 Å². The number of hydrogen-bond acceptors (Lipinski definition) is 3. The summed E-state index contributed by atoms with van der Waals surface area (Å²) < 4.78 is 14.1. The van der Waals surface area contributed by atoms with Crippen LogP contribution in [0.4, 0.5) is 15.8 Å². The lowest BCUT2D eigenvalue weighted by molar-refractivity contribution is -0.144. The first kappa shape index (κ1) is 18.5. The Balaban J connectivity index is 1.68. The smallest absolute Gasteiger partial charge is 0.265 e. The number of amides is 2. The van der Waals surface area contributed by atoms with E-state index in [1.807, 2.05) is 30.3 Å². The van der Waals surface area contributed by atoms with Gasteiger partial charge in [0, 0.05) is 18.3 Å². The quantitative estimate of drug-likeness (QED) is 0.731. The van der Waals surface area contributed by atoms with Crippen LogP contribution in [0.3, 0.4) is 0 Å². The van der Waals surface area contributed by atoms with E-state index in [1.165, 1.54) is 28.0 Å².